The van der Waals surface area contributed by atoms with Gasteiger partial charge < -0.3 is 0 Å². The summed E-state index contributed by atoms with van der Waals surface area (Å²) in [6, 6.07) is 17.6. The molecule has 19 heavy (non-hydrogen) atoms. The predicted octanol–water partition coefficient (Wildman–Crippen LogP) is 4.05. The van der Waals surface area contributed by atoms with Crippen LogP contribution in [0.15, 0.2) is 59.1 Å². The van der Waals surface area contributed by atoms with Crippen LogP contribution in [0.4, 0.5) is 0 Å². The van der Waals surface area contributed by atoms with E-state index in [1.165, 1.54) is 0 Å². The maximum atomic E-state index is 10.8. The van der Waals surface area contributed by atoms with Gasteiger partial charge in [0, 0.05) is 9.40 Å². The molecule has 0 aliphatic rings. The summed E-state index contributed by atoms with van der Waals surface area (Å²) in [4.78, 5) is 10.6. The topological polar surface area (TPSA) is 43.1 Å². The van der Waals surface area contributed by atoms with Gasteiger partial charge in [-0.3, -0.25) is 10.1 Å². The summed E-state index contributed by atoms with van der Waals surface area (Å²) in [6.07, 6.45) is 0.679. The fraction of sp³-hybridized carbons (Fsp3) is 0.200. The first-order valence-corrected chi connectivity index (χ1v) is 6.85. The van der Waals surface area contributed by atoms with Crippen molar-refractivity contribution >= 4 is 15.9 Å². The van der Waals surface area contributed by atoms with Crippen molar-refractivity contribution in [2.24, 2.45) is 0 Å². The second kappa shape index (κ2) is 6.48. The van der Waals surface area contributed by atoms with Gasteiger partial charge in [-0.2, -0.15) is 0 Å². The summed E-state index contributed by atoms with van der Waals surface area (Å²) in [6.45, 7) is -0.0416. The molecule has 1 unspecified atom stereocenters. The zero-order chi connectivity index (χ0) is 13.7. The van der Waals surface area contributed by atoms with Crippen LogP contribution in [-0.2, 0) is 6.42 Å². The van der Waals surface area contributed by atoms with Gasteiger partial charge in [-0.1, -0.05) is 58.4 Å². The normalized spacial score (nSPS) is 12.1. The molecule has 0 radical (unpaired) electrons. The summed E-state index contributed by atoms with van der Waals surface area (Å²) in [5, 5.41) is 10.8. The Labute approximate surface area is 120 Å². The van der Waals surface area contributed by atoms with Crippen LogP contribution in [-0.4, -0.2) is 11.5 Å². The number of benzene rings is 2. The van der Waals surface area contributed by atoms with E-state index in [0.717, 1.165) is 15.6 Å². The van der Waals surface area contributed by atoms with E-state index in [4.69, 9.17) is 0 Å². The molecule has 3 nitrogen and oxygen atoms in total. The van der Waals surface area contributed by atoms with Crippen molar-refractivity contribution in [3.63, 3.8) is 0 Å². The van der Waals surface area contributed by atoms with Gasteiger partial charge in [0.2, 0.25) is 6.54 Å². The monoisotopic (exact) mass is 319 g/mol. The summed E-state index contributed by atoms with van der Waals surface area (Å²) in [5.74, 6) is -0.0858. The van der Waals surface area contributed by atoms with Gasteiger partial charge in [0.05, 0.1) is 5.92 Å². The number of rotatable bonds is 5. The van der Waals surface area contributed by atoms with Crippen LogP contribution >= 0.6 is 15.9 Å². The minimum Gasteiger partial charge on any atom is -0.265 e. The number of halogens is 1. The first kappa shape index (κ1) is 13.7. The molecule has 0 spiro atoms. The van der Waals surface area contributed by atoms with Crippen molar-refractivity contribution in [2.75, 3.05) is 6.54 Å². The van der Waals surface area contributed by atoms with E-state index in [2.05, 4.69) is 15.9 Å². The Kier molecular flexibility index (Phi) is 4.68. The lowest BCUT2D eigenvalue weighted by atomic mass is 9.92. The second-order valence-corrected chi connectivity index (χ2v) is 5.37. The standard InChI is InChI=1S/C15H14BrNO2/c16-15-8-6-12(7-9-15)10-14(11-17(18)19)13-4-2-1-3-5-13/h1-9,14H,10-11H2. The zero-order valence-corrected chi connectivity index (χ0v) is 11.9. The smallest absolute Gasteiger partial charge is 0.210 e. The minimum atomic E-state index is -0.240. The van der Waals surface area contributed by atoms with E-state index < -0.39 is 0 Å². The van der Waals surface area contributed by atoms with E-state index >= 15 is 0 Å². The maximum Gasteiger partial charge on any atom is 0.210 e. The van der Waals surface area contributed by atoms with E-state index in [-0.39, 0.29) is 17.4 Å². The molecule has 0 saturated heterocycles. The molecular weight excluding hydrogens is 306 g/mol. The van der Waals surface area contributed by atoms with Crippen LogP contribution in [0, 0.1) is 10.1 Å². The number of nitro groups is 1. The molecular formula is C15H14BrNO2. The van der Waals surface area contributed by atoms with Gasteiger partial charge in [0.1, 0.15) is 0 Å². The van der Waals surface area contributed by atoms with Crippen LogP contribution in [0.3, 0.4) is 0 Å². The van der Waals surface area contributed by atoms with Gasteiger partial charge in [-0.05, 0) is 29.7 Å². The molecule has 0 aliphatic heterocycles. The van der Waals surface area contributed by atoms with Gasteiger partial charge >= 0.3 is 0 Å². The first-order valence-electron chi connectivity index (χ1n) is 6.06. The van der Waals surface area contributed by atoms with E-state index in [1.807, 2.05) is 54.6 Å². The van der Waals surface area contributed by atoms with Crippen molar-refractivity contribution in [1.29, 1.82) is 0 Å². The molecule has 2 rings (SSSR count). The summed E-state index contributed by atoms with van der Waals surface area (Å²) in [5.41, 5.74) is 2.13. The molecule has 1 atom stereocenters. The molecule has 0 aromatic heterocycles. The Morgan fingerprint density at radius 2 is 1.68 bits per heavy atom. The Morgan fingerprint density at radius 1 is 1.05 bits per heavy atom. The van der Waals surface area contributed by atoms with Crippen LogP contribution in [0.1, 0.15) is 17.0 Å². The number of nitrogens with zero attached hydrogens (tertiary/aromatic N) is 1. The Morgan fingerprint density at radius 3 is 2.26 bits per heavy atom. The number of hydrogen-bond donors (Lipinski definition) is 0. The highest BCUT2D eigenvalue weighted by molar-refractivity contribution is 9.10. The van der Waals surface area contributed by atoms with Crippen LogP contribution in [0.5, 0.6) is 0 Å². The zero-order valence-electron chi connectivity index (χ0n) is 10.3. The van der Waals surface area contributed by atoms with Crippen molar-refractivity contribution in [3.8, 4) is 0 Å². The molecule has 0 amide bonds. The molecule has 0 N–H and O–H groups in total. The quantitative estimate of drug-likeness (QED) is 0.616. The molecule has 0 fully saturated rings. The van der Waals surface area contributed by atoms with E-state index in [9.17, 15) is 10.1 Å². The lowest BCUT2D eigenvalue weighted by Gasteiger charge is -2.13. The molecule has 4 heteroatoms. The van der Waals surface area contributed by atoms with E-state index in [1.54, 1.807) is 0 Å². The highest BCUT2D eigenvalue weighted by Gasteiger charge is 2.18. The fourth-order valence-corrected chi connectivity index (χ4v) is 2.36. The lowest BCUT2D eigenvalue weighted by Crippen LogP contribution is -2.15. The third kappa shape index (κ3) is 4.17. The number of hydrogen-bond acceptors (Lipinski definition) is 2. The fourth-order valence-electron chi connectivity index (χ4n) is 2.10. The van der Waals surface area contributed by atoms with Crippen molar-refractivity contribution in [3.05, 3.63) is 80.3 Å². The summed E-state index contributed by atoms with van der Waals surface area (Å²) in [7, 11) is 0. The SMILES string of the molecule is O=[N+]([O-])CC(Cc1ccc(Br)cc1)c1ccccc1. The first-order chi connectivity index (χ1) is 9.15. The third-order valence-electron chi connectivity index (χ3n) is 3.04. The third-order valence-corrected chi connectivity index (χ3v) is 3.56. The molecule has 2 aromatic carbocycles. The highest BCUT2D eigenvalue weighted by Crippen LogP contribution is 2.22. The van der Waals surface area contributed by atoms with Gasteiger partial charge in [-0.25, -0.2) is 0 Å². The Balaban J connectivity index is 2.19. The van der Waals surface area contributed by atoms with Crippen LogP contribution in [0.25, 0.3) is 0 Å². The molecule has 2 aromatic rings. The van der Waals surface area contributed by atoms with Crippen molar-refractivity contribution in [1.82, 2.24) is 0 Å². The molecule has 0 aliphatic carbocycles. The average molecular weight is 320 g/mol. The van der Waals surface area contributed by atoms with Gasteiger partial charge in [0.25, 0.3) is 0 Å². The van der Waals surface area contributed by atoms with Crippen molar-refractivity contribution in [2.45, 2.75) is 12.3 Å². The average Bonchev–Trinajstić information content (AvgIpc) is 2.41. The minimum absolute atomic E-state index is 0.0416. The van der Waals surface area contributed by atoms with Crippen LogP contribution in [0.2, 0.25) is 0 Å². The van der Waals surface area contributed by atoms with Crippen molar-refractivity contribution < 1.29 is 4.92 Å². The van der Waals surface area contributed by atoms with Gasteiger partial charge in [-0.15, -0.1) is 0 Å². The lowest BCUT2D eigenvalue weighted by molar-refractivity contribution is -0.483. The molecule has 0 saturated carbocycles. The largest absolute Gasteiger partial charge is 0.265 e. The van der Waals surface area contributed by atoms with E-state index in [0.29, 0.717) is 6.42 Å². The maximum absolute atomic E-state index is 10.8. The summed E-state index contributed by atoms with van der Waals surface area (Å²) < 4.78 is 1.02. The van der Waals surface area contributed by atoms with Gasteiger partial charge in [0.15, 0.2) is 0 Å². The highest BCUT2D eigenvalue weighted by atomic mass is 79.9. The second-order valence-electron chi connectivity index (χ2n) is 4.45. The predicted molar refractivity (Wildman–Crippen MR) is 78.9 cm³/mol. The van der Waals surface area contributed by atoms with Crippen LogP contribution < -0.4 is 0 Å². The Bertz CT molecular complexity index is 540. The molecule has 0 bridgehead atoms. The molecule has 98 valence electrons. The molecule has 0 heterocycles. The summed E-state index contributed by atoms with van der Waals surface area (Å²) >= 11 is 3.39. The Hall–Kier alpha value is -1.68.